The SMILES string of the molecule is CSc1cccc(NC(=O)C2CCCN(C(=O)c3sc(-c4cccnc4)nc3C)C2)c1. The summed E-state index contributed by atoms with van der Waals surface area (Å²) in [4.78, 5) is 38.3. The van der Waals surface area contributed by atoms with Gasteiger partial charge in [-0.3, -0.25) is 14.6 Å². The summed E-state index contributed by atoms with van der Waals surface area (Å²) in [5, 5.41) is 3.80. The number of thioether (sulfide) groups is 1. The third-order valence-electron chi connectivity index (χ3n) is 5.32. The van der Waals surface area contributed by atoms with Crippen LogP contribution in [-0.2, 0) is 4.79 Å². The number of anilines is 1. The van der Waals surface area contributed by atoms with Crippen LogP contribution in [0.5, 0.6) is 0 Å². The molecule has 3 aromatic rings. The second kappa shape index (κ2) is 9.62. The number of carbonyl (C=O) groups is 2. The van der Waals surface area contributed by atoms with Crippen LogP contribution in [-0.4, -0.2) is 46.0 Å². The second-order valence-electron chi connectivity index (χ2n) is 7.49. The first-order valence-electron chi connectivity index (χ1n) is 10.2. The maximum atomic E-state index is 13.2. The summed E-state index contributed by atoms with van der Waals surface area (Å²) in [5.74, 6) is -0.304. The number of benzene rings is 1. The molecule has 1 N–H and O–H groups in total. The van der Waals surface area contributed by atoms with Gasteiger partial charge < -0.3 is 10.2 Å². The van der Waals surface area contributed by atoms with Crippen molar-refractivity contribution in [1.82, 2.24) is 14.9 Å². The molecule has 2 amide bonds. The van der Waals surface area contributed by atoms with E-state index in [9.17, 15) is 9.59 Å². The molecule has 160 valence electrons. The molecule has 1 saturated heterocycles. The smallest absolute Gasteiger partial charge is 0.265 e. The number of amides is 2. The third kappa shape index (κ3) is 4.97. The molecule has 6 nitrogen and oxygen atoms in total. The van der Waals surface area contributed by atoms with Crippen LogP contribution in [0.15, 0.2) is 53.7 Å². The van der Waals surface area contributed by atoms with Crippen LogP contribution in [0.25, 0.3) is 10.6 Å². The van der Waals surface area contributed by atoms with E-state index < -0.39 is 0 Å². The van der Waals surface area contributed by atoms with Crippen LogP contribution < -0.4 is 5.32 Å². The molecule has 1 fully saturated rings. The molecule has 0 bridgehead atoms. The van der Waals surface area contributed by atoms with Gasteiger partial charge in [0.05, 0.1) is 11.6 Å². The minimum absolute atomic E-state index is 0.0344. The number of nitrogens with one attached hydrogen (secondary N) is 1. The van der Waals surface area contributed by atoms with Gasteiger partial charge in [-0.1, -0.05) is 6.07 Å². The van der Waals surface area contributed by atoms with E-state index in [1.165, 1.54) is 11.3 Å². The number of nitrogens with zero attached hydrogens (tertiary/aromatic N) is 3. The van der Waals surface area contributed by atoms with Crippen molar-refractivity contribution >= 4 is 40.6 Å². The maximum absolute atomic E-state index is 13.2. The van der Waals surface area contributed by atoms with Crippen molar-refractivity contribution in [2.45, 2.75) is 24.7 Å². The molecular formula is C23H24N4O2S2. The van der Waals surface area contributed by atoms with Crippen LogP contribution in [0, 0.1) is 12.8 Å². The molecule has 1 aliphatic rings. The molecule has 1 atom stereocenters. The van der Waals surface area contributed by atoms with E-state index in [0.29, 0.717) is 23.7 Å². The number of piperidine rings is 1. The molecule has 0 spiro atoms. The van der Waals surface area contributed by atoms with Crippen LogP contribution in [0.2, 0.25) is 0 Å². The van der Waals surface area contributed by atoms with E-state index in [4.69, 9.17) is 0 Å². The number of pyridine rings is 1. The molecular weight excluding hydrogens is 428 g/mol. The van der Waals surface area contributed by atoms with Crippen LogP contribution in [0.1, 0.15) is 28.2 Å². The van der Waals surface area contributed by atoms with Gasteiger partial charge in [-0.15, -0.1) is 23.1 Å². The third-order valence-corrected chi connectivity index (χ3v) is 7.24. The molecule has 1 unspecified atom stereocenters. The fraction of sp³-hybridized carbons (Fsp3) is 0.304. The van der Waals surface area contributed by atoms with Crippen LogP contribution in [0.4, 0.5) is 5.69 Å². The number of carbonyl (C=O) groups excluding carboxylic acids is 2. The average molecular weight is 453 g/mol. The highest BCUT2D eigenvalue weighted by molar-refractivity contribution is 7.98. The van der Waals surface area contributed by atoms with Gasteiger partial charge in [0.15, 0.2) is 0 Å². The Labute approximate surface area is 190 Å². The number of aryl methyl sites for hydroxylation is 1. The second-order valence-corrected chi connectivity index (χ2v) is 9.37. The first kappa shape index (κ1) is 21.5. The highest BCUT2D eigenvalue weighted by Gasteiger charge is 2.30. The zero-order valence-corrected chi connectivity index (χ0v) is 19.1. The molecule has 4 rings (SSSR count). The number of thiazole rings is 1. The number of rotatable bonds is 5. The standard InChI is InChI=1S/C23H24N4O2S2/c1-15-20(31-22(25-15)16-6-4-10-24-13-16)23(29)27-11-5-7-17(14-27)21(28)26-18-8-3-9-19(12-18)30-2/h3-4,6,8-10,12-13,17H,5,7,11,14H2,1-2H3,(H,26,28). The van der Waals surface area contributed by atoms with Crippen molar-refractivity contribution in [2.75, 3.05) is 24.7 Å². The molecule has 3 heterocycles. The summed E-state index contributed by atoms with van der Waals surface area (Å²) < 4.78 is 0. The molecule has 0 radical (unpaired) electrons. The predicted molar refractivity (Wildman–Crippen MR) is 126 cm³/mol. The summed E-state index contributed by atoms with van der Waals surface area (Å²) in [5.41, 5.74) is 2.41. The van der Waals surface area contributed by atoms with Crippen molar-refractivity contribution in [1.29, 1.82) is 0 Å². The molecule has 1 aromatic carbocycles. The molecule has 8 heteroatoms. The predicted octanol–water partition coefficient (Wildman–Crippen LogP) is 4.73. The van der Waals surface area contributed by atoms with Gasteiger partial charge in [-0.05, 0) is 56.4 Å². The fourth-order valence-corrected chi connectivity index (χ4v) is 5.16. The van der Waals surface area contributed by atoms with Crippen molar-refractivity contribution in [2.24, 2.45) is 5.92 Å². The summed E-state index contributed by atoms with van der Waals surface area (Å²) >= 11 is 3.02. The van der Waals surface area contributed by atoms with Crippen molar-refractivity contribution in [3.05, 3.63) is 59.4 Å². The molecule has 1 aliphatic heterocycles. The van der Waals surface area contributed by atoms with Gasteiger partial charge in [-0.2, -0.15) is 0 Å². The average Bonchev–Trinajstić information content (AvgIpc) is 3.21. The summed E-state index contributed by atoms with van der Waals surface area (Å²) in [6.45, 7) is 2.94. The van der Waals surface area contributed by atoms with Crippen molar-refractivity contribution in [3.8, 4) is 10.6 Å². The molecule has 0 aliphatic carbocycles. The Morgan fingerprint density at radius 2 is 2.13 bits per heavy atom. The first-order chi connectivity index (χ1) is 15.0. The Morgan fingerprint density at radius 1 is 1.26 bits per heavy atom. The monoisotopic (exact) mass is 452 g/mol. The number of hydrogen-bond donors (Lipinski definition) is 1. The molecule has 0 saturated carbocycles. The van der Waals surface area contributed by atoms with Gasteiger partial charge in [0.1, 0.15) is 9.88 Å². The Hall–Kier alpha value is -2.71. The van der Waals surface area contributed by atoms with Crippen LogP contribution in [0.3, 0.4) is 0 Å². The number of aromatic nitrogens is 2. The van der Waals surface area contributed by atoms with Gasteiger partial charge in [0.25, 0.3) is 5.91 Å². The number of hydrogen-bond acceptors (Lipinski definition) is 6. The minimum Gasteiger partial charge on any atom is -0.337 e. The lowest BCUT2D eigenvalue weighted by Gasteiger charge is -2.31. The Morgan fingerprint density at radius 3 is 2.90 bits per heavy atom. The van der Waals surface area contributed by atoms with E-state index in [-0.39, 0.29) is 17.7 Å². The van der Waals surface area contributed by atoms with Gasteiger partial charge in [0, 0.05) is 41.6 Å². The first-order valence-corrected chi connectivity index (χ1v) is 12.2. The maximum Gasteiger partial charge on any atom is 0.265 e. The Balaban J connectivity index is 1.45. The zero-order chi connectivity index (χ0) is 21.8. The topological polar surface area (TPSA) is 75.2 Å². The summed E-state index contributed by atoms with van der Waals surface area (Å²) in [6, 6.07) is 11.6. The quantitative estimate of drug-likeness (QED) is 0.567. The van der Waals surface area contributed by atoms with E-state index >= 15 is 0 Å². The van der Waals surface area contributed by atoms with Gasteiger partial charge in [0.2, 0.25) is 5.91 Å². The lowest BCUT2D eigenvalue weighted by molar-refractivity contribution is -0.121. The van der Waals surface area contributed by atoms with Crippen molar-refractivity contribution < 1.29 is 9.59 Å². The zero-order valence-electron chi connectivity index (χ0n) is 17.5. The van der Waals surface area contributed by atoms with Gasteiger partial charge >= 0.3 is 0 Å². The normalized spacial score (nSPS) is 16.2. The van der Waals surface area contributed by atoms with E-state index in [2.05, 4.69) is 15.3 Å². The lowest BCUT2D eigenvalue weighted by Crippen LogP contribution is -2.43. The van der Waals surface area contributed by atoms with Crippen molar-refractivity contribution in [3.63, 3.8) is 0 Å². The van der Waals surface area contributed by atoms with Crippen LogP contribution >= 0.6 is 23.1 Å². The lowest BCUT2D eigenvalue weighted by atomic mass is 9.96. The Kier molecular flexibility index (Phi) is 6.67. The minimum atomic E-state index is -0.221. The van der Waals surface area contributed by atoms with Gasteiger partial charge in [-0.25, -0.2) is 4.98 Å². The van der Waals surface area contributed by atoms with E-state index in [0.717, 1.165) is 34.0 Å². The Bertz CT molecular complexity index is 1080. The fourth-order valence-electron chi connectivity index (χ4n) is 3.67. The molecule has 2 aromatic heterocycles. The highest BCUT2D eigenvalue weighted by Crippen LogP contribution is 2.30. The summed E-state index contributed by atoms with van der Waals surface area (Å²) in [7, 11) is 0. The molecule has 31 heavy (non-hydrogen) atoms. The summed E-state index contributed by atoms with van der Waals surface area (Å²) in [6.07, 6.45) is 7.06. The van der Waals surface area contributed by atoms with E-state index in [1.807, 2.05) is 49.6 Å². The highest BCUT2D eigenvalue weighted by atomic mass is 32.2. The largest absolute Gasteiger partial charge is 0.337 e. The number of likely N-dealkylation sites (tertiary alicyclic amines) is 1. The van der Waals surface area contributed by atoms with E-state index in [1.54, 1.807) is 29.1 Å².